The number of nitrogens with zero attached hydrogens (tertiary/aromatic N) is 3. The van der Waals surface area contributed by atoms with Crippen molar-refractivity contribution in [3.8, 4) is 0 Å². The molecule has 1 aromatic heterocycles. The summed E-state index contributed by atoms with van der Waals surface area (Å²) in [6.45, 7) is 2.02. The van der Waals surface area contributed by atoms with E-state index >= 15 is 0 Å². The molecule has 1 aliphatic rings. The Bertz CT molecular complexity index is 1030. The first-order valence-corrected chi connectivity index (χ1v) is 8.66. The molecule has 2 heterocycles. The third-order valence-electron chi connectivity index (χ3n) is 4.66. The summed E-state index contributed by atoms with van der Waals surface area (Å²) in [5.41, 5.74) is -1.65. The maximum absolute atomic E-state index is 14.4. The van der Waals surface area contributed by atoms with Crippen molar-refractivity contribution in [2.75, 3.05) is 23.5 Å². The first kappa shape index (κ1) is 21.5. The van der Waals surface area contributed by atoms with E-state index in [0.717, 1.165) is 23.1 Å². The van der Waals surface area contributed by atoms with Gasteiger partial charge >= 0.3 is 12.3 Å². The topological polar surface area (TPSA) is 62.7 Å². The second-order valence-electron chi connectivity index (χ2n) is 6.72. The molecule has 0 spiro atoms. The van der Waals surface area contributed by atoms with Crippen LogP contribution in [0.25, 0.3) is 0 Å². The van der Waals surface area contributed by atoms with Gasteiger partial charge in [-0.25, -0.2) is 23.5 Å². The van der Waals surface area contributed by atoms with Gasteiger partial charge in [0.2, 0.25) is 0 Å². The first-order valence-electron chi connectivity index (χ1n) is 8.66. The largest absolute Gasteiger partial charge is 0.446 e. The summed E-state index contributed by atoms with van der Waals surface area (Å²) in [6.07, 6.45) is -5.76. The number of aryl methyl sites for hydroxylation is 1. The maximum atomic E-state index is 14.4. The number of ether oxygens (including phenoxy) is 1. The molecule has 30 heavy (non-hydrogen) atoms. The molecule has 1 aliphatic heterocycles. The maximum Gasteiger partial charge on any atom is 0.416 e. The molecule has 0 saturated carbocycles. The third-order valence-corrected chi connectivity index (χ3v) is 4.66. The Hall–Kier alpha value is -3.24. The number of amides is 2. The van der Waals surface area contributed by atoms with Gasteiger partial charge in [-0.2, -0.15) is 13.2 Å². The molecular weight excluding hydrogens is 413 g/mol. The number of cyclic esters (lactones) is 1. The van der Waals surface area contributed by atoms with E-state index in [-0.39, 0.29) is 16.9 Å². The van der Waals surface area contributed by atoms with Gasteiger partial charge < -0.3 is 9.64 Å². The van der Waals surface area contributed by atoms with Gasteiger partial charge in [0, 0.05) is 18.3 Å². The molecule has 1 fully saturated rings. The average molecular weight is 429 g/mol. The predicted octanol–water partition coefficient (Wildman–Crippen LogP) is 3.98. The van der Waals surface area contributed by atoms with Crippen LogP contribution in [0.1, 0.15) is 16.8 Å². The summed E-state index contributed by atoms with van der Waals surface area (Å²) in [7, 11) is 1.20. The minimum atomic E-state index is -4.70. The van der Waals surface area contributed by atoms with Crippen LogP contribution in [0.5, 0.6) is 0 Å². The molecular formula is C19H16F5N3O3. The Morgan fingerprint density at radius 2 is 1.90 bits per heavy atom. The summed E-state index contributed by atoms with van der Waals surface area (Å²) in [4.78, 5) is 30.6. The van der Waals surface area contributed by atoms with Crippen LogP contribution in [0.15, 0.2) is 24.3 Å². The minimum absolute atomic E-state index is 0.0284. The number of hydrogen-bond acceptors (Lipinski definition) is 4. The molecule has 0 N–H and O–H groups in total. The number of carbonyl (C=O) groups excluding carboxylic acids is 2. The predicted molar refractivity (Wildman–Crippen MR) is 96.1 cm³/mol. The van der Waals surface area contributed by atoms with Crippen LogP contribution in [-0.2, 0) is 15.7 Å². The first-order chi connectivity index (χ1) is 13.9. The van der Waals surface area contributed by atoms with Crippen LogP contribution < -0.4 is 9.80 Å². The van der Waals surface area contributed by atoms with Gasteiger partial charge in [-0.05, 0) is 38.1 Å². The van der Waals surface area contributed by atoms with Crippen molar-refractivity contribution in [3.05, 3.63) is 52.7 Å². The number of benzene rings is 1. The molecule has 1 unspecified atom stereocenters. The molecule has 11 heteroatoms. The van der Waals surface area contributed by atoms with Crippen LogP contribution in [-0.4, -0.2) is 36.7 Å². The molecule has 1 saturated heterocycles. The quantitative estimate of drug-likeness (QED) is 0.693. The molecule has 0 bridgehead atoms. The fourth-order valence-corrected chi connectivity index (χ4v) is 3.04. The van der Waals surface area contributed by atoms with Gasteiger partial charge in [-0.15, -0.1) is 0 Å². The normalized spacial score (nSPS) is 16.6. The summed E-state index contributed by atoms with van der Waals surface area (Å²) < 4.78 is 72.2. The minimum Gasteiger partial charge on any atom is -0.446 e. The summed E-state index contributed by atoms with van der Waals surface area (Å²) >= 11 is 0. The lowest BCUT2D eigenvalue weighted by molar-refractivity contribution is -0.137. The zero-order chi connectivity index (χ0) is 22.4. The SMILES string of the molecule is Cc1cc(C(F)(F)F)cc(N2C(=O)OCC2C(=O)N(C)c2ccc(F)c(C)c2F)n1. The number of hydrogen-bond donors (Lipinski definition) is 0. The lowest BCUT2D eigenvalue weighted by atomic mass is 10.1. The molecule has 160 valence electrons. The van der Waals surface area contributed by atoms with Crippen molar-refractivity contribution in [3.63, 3.8) is 0 Å². The van der Waals surface area contributed by atoms with Crippen molar-refractivity contribution in [1.82, 2.24) is 4.98 Å². The van der Waals surface area contributed by atoms with E-state index in [4.69, 9.17) is 4.74 Å². The molecule has 2 aromatic rings. The van der Waals surface area contributed by atoms with Gasteiger partial charge in [0.05, 0.1) is 11.3 Å². The number of halogens is 5. The second kappa shape index (κ2) is 7.54. The van der Waals surface area contributed by atoms with E-state index in [1.807, 2.05) is 0 Å². The van der Waals surface area contributed by atoms with E-state index in [2.05, 4.69) is 4.98 Å². The van der Waals surface area contributed by atoms with E-state index in [0.29, 0.717) is 11.0 Å². The van der Waals surface area contributed by atoms with Crippen LogP contribution in [0.2, 0.25) is 0 Å². The van der Waals surface area contributed by atoms with E-state index < -0.39 is 53.8 Å². The number of likely N-dealkylation sites (N-methyl/N-ethyl adjacent to an activating group) is 1. The van der Waals surface area contributed by atoms with Crippen LogP contribution >= 0.6 is 0 Å². The fourth-order valence-electron chi connectivity index (χ4n) is 3.04. The Kier molecular flexibility index (Phi) is 5.40. The number of alkyl halides is 3. The highest BCUT2D eigenvalue weighted by atomic mass is 19.4. The highest BCUT2D eigenvalue weighted by molar-refractivity contribution is 6.05. The zero-order valence-corrected chi connectivity index (χ0v) is 16.1. The monoisotopic (exact) mass is 429 g/mol. The number of carbonyl (C=O) groups is 2. The van der Waals surface area contributed by atoms with Crippen molar-refractivity contribution in [2.24, 2.45) is 0 Å². The van der Waals surface area contributed by atoms with Crippen LogP contribution in [0.4, 0.5) is 38.3 Å². The fraction of sp³-hybridized carbons (Fsp3) is 0.316. The number of rotatable bonds is 3. The number of aromatic nitrogens is 1. The third kappa shape index (κ3) is 3.79. The lowest BCUT2D eigenvalue weighted by Crippen LogP contribution is -2.47. The Balaban J connectivity index is 1.98. The van der Waals surface area contributed by atoms with Crippen LogP contribution in [0, 0.1) is 25.5 Å². The smallest absolute Gasteiger partial charge is 0.416 e. The van der Waals surface area contributed by atoms with Gasteiger partial charge in [0.25, 0.3) is 5.91 Å². The molecule has 0 aliphatic carbocycles. The molecule has 1 atom stereocenters. The standard InChI is InChI=1S/C19H16F5N3O3/c1-9-6-11(19(22,23)24)7-15(25-9)27-14(8-30-18(27)29)17(28)26(3)13-5-4-12(20)10(2)16(13)21/h4-7,14H,8H2,1-3H3. The number of pyridine rings is 1. The Labute approximate surface area is 167 Å². The van der Waals surface area contributed by atoms with Crippen LogP contribution in [0.3, 0.4) is 0 Å². The molecule has 6 nitrogen and oxygen atoms in total. The summed E-state index contributed by atoms with van der Waals surface area (Å²) in [5.74, 6) is -3.05. The molecule has 0 radical (unpaired) electrons. The van der Waals surface area contributed by atoms with Gasteiger partial charge in [0.1, 0.15) is 18.2 Å². The average Bonchev–Trinajstić information content (AvgIpc) is 3.05. The molecule has 1 aromatic carbocycles. The van der Waals surface area contributed by atoms with E-state index in [1.54, 1.807) is 0 Å². The second-order valence-corrected chi connectivity index (χ2v) is 6.72. The lowest BCUT2D eigenvalue weighted by Gasteiger charge is -2.26. The van der Waals surface area contributed by atoms with Crippen molar-refractivity contribution >= 4 is 23.5 Å². The van der Waals surface area contributed by atoms with Gasteiger partial charge in [-0.3, -0.25) is 4.79 Å². The van der Waals surface area contributed by atoms with E-state index in [1.165, 1.54) is 20.9 Å². The summed E-state index contributed by atoms with van der Waals surface area (Å²) in [6, 6.07) is 2.06. The zero-order valence-electron chi connectivity index (χ0n) is 16.1. The van der Waals surface area contributed by atoms with Gasteiger partial charge in [-0.1, -0.05) is 0 Å². The number of anilines is 2. The molecule has 2 amide bonds. The van der Waals surface area contributed by atoms with E-state index in [9.17, 15) is 31.5 Å². The Morgan fingerprint density at radius 3 is 2.53 bits per heavy atom. The van der Waals surface area contributed by atoms with Gasteiger partial charge in [0.15, 0.2) is 11.9 Å². The summed E-state index contributed by atoms with van der Waals surface area (Å²) in [5, 5.41) is 0. The highest BCUT2D eigenvalue weighted by Crippen LogP contribution is 2.33. The Morgan fingerprint density at radius 1 is 1.23 bits per heavy atom. The van der Waals surface area contributed by atoms with Crippen molar-refractivity contribution in [1.29, 1.82) is 0 Å². The van der Waals surface area contributed by atoms with Crippen molar-refractivity contribution in [2.45, 2.75) is 26.1 Å². The van der Waals surface area contributed by atoms with Crippen molar-refractivity contribution < 1.29 is 36.3 Å². The molecule has 3 rings (SSSR count). The highest BCUT2D eigenvalue weighted by Gasteiger charge is 2.43.